The summed E-state index contributed by atoms with van der Waals surface area (Å²) < 4.78 is 40.4. The monoisotopic (exact) mass is 466 g/mol. The van der Waals surface area contributed by atoms with Gasteiger partial charge in [0.25, 0.3) is 0 Å². The molecule has 0 atom stereocenters. The predicted octanol–water partition coefficient (Wildman–Crippen LogP) is 4.63. The minimum absolute atomic E-state index is 0.205. The molecule has 0 spiro atoms. The number of para-hydroxylation sites is 1. The van der Waals surface area contributed by atoms with Crippen molar-refractivity contribution in [3.63, 3.8) is 0 Å². The molecule has 0 amide bonds. The van der Waals surface area contributed by atoms with Crippen LogP contribution in [0.2, 0.25) is 0 Å². The van der Waals surface area contributed by atoms with E-state index in [1.54, 1.807) is 80.0 Å². The van der Waals surface area contributed by atoms with E-state index >= 15 is 0 Å². The zero-order chi connectivity index (χ0) is 23.6. The van der Waals surface area contributed by atoms with Crippen LogP contribution in [0.4, 0.5) is 21.7 Å². The fraction of sp³-hybridized carbons (Fsp3) is 0.174. The van der Waals surface area contributed by atoms with Crippen molar-refractivity contribution in [3.8, 4) is 0 Å². The number of nitrogens with one attached hydrogen (secondary N) is 2. The van der Waals surface area contributed by atoms with Crippen LogP contribution in [-0.2, 0) is 9.84 Å². The Labute approximate surface area is 191 Å². The highest BCUT2D eigenvalue weighted by molar-refractivity contribution is 7.92. The van der Waals surface area contributed by atoms with Gasteiger partial charge in [0.1, 0.15) is 11.6 Å². The first-order chi connectivity index (χ1) is 15.8. The van der Waals surface area contributed by atoms with Crippen LogP contribution in [0.5, 0.6) is 0 Å². The smallest absolute Gasteiger partial charge is 0.182 e. The Morgan fingerprint density at radius 3 is 2.55 bits per heavy atom. The van der Waals surface area contributed by atoms with Crippen LogP contribution < -0.4 is 10.7 Å². The van der Waals surface area contributed by atoms with Gasteiger partial charge in [-0.2, -0.15) is 14.7 Å². The number of hydrogen-bond donors (Lipinski definition) is 2. The average molecular weight is 467 g/mol. The highest BCUT2D eigenvalue weighted by Gasteiger charge is 2.23. The van der Waals surface area contributed by atoms with Crippen LogP contribution in [0.15, 0.2) is 76.9 Å². The summed E-state index contributed by atoms with van der Waals surface area (Å²) in [5.74, 6) is 0.618. The molecule has 0 saturated heterocycles. The third-order valence-corrected chi connectivity index (χ3v) is 7.25. The predicted molar refractivity (Wildman–Crippen MR) is 127 cm³/mol. The summed E-state index contributed by atoms with van der Waals surface area (Å²) in [6.45, 7) is 5.09. The van der Waals surface area contributed by atoms with E-state index in [1.165, 1.54) is 12.1 Å². The summed E-state index contributed by atoms with van der Waals surface area (Å²) in [4.78, 5) is 4.69. The van der Waals surface area contributed by atoms with Crippen molar-refractivity contribution in [1.29, 1.82) is 0 Å². The lowest BCUT2D eigenvalue weighted by molar-refractivity contribution is 0.587. The first-order valence-electron chi connectivity index (χ1n) is 10.3. The molecule has 170 valence electrons. The standard InChI is InChI=1S/C23H23FN6O2S/c1-15(2)33(31,32)20-7-5-4-6-19(20)26-23-14-21(27-22-12-13-25-30(22)23)29-28-16(3)17-8-10-18(24)11-9-17/h4-15,26H,1-3H3,(H,27,29)/b28-16+. The summed E-state index contributed by atoms with van der Waals surface area (Å²) in [5, 5.41) is 11.2. The van der Waals surface area contributed by atoms with Crippen molar-refractivity contribution in [2.45, 2.75) is 30.9 Å². The van der Waals surface area contributed by atoms with Gasteiger partial charge in [-0.15, -0.1) is 0 Å². The molecule has 2 aromatic carbocycles. The third-order valence-electron chi connectivity index (χ3n) is 5.04. The van der Waals surface area contributed by atoms with Crippen LogP contribution in [-0.4, -0.2) is 34.0 Å². The summed E-state index contributed by atoms with van der Waals surface area (Å²) in [7, 11) is -3.50. The molecule has 0 aliphatic carbocycles. The van der Waals surface area contributed by atoms with Gasteiger partial charge < -0.3 is 5.32 Å². The van der Waals surface area contributed by atoms with E-state index in [9.17, 15) is 12.8 Å². The molecule has 33 heavy (non-hydrogen) atoms. The fourth-order valence-corrected chi connectivity index (χ4v) is 4.37. The lowest BCUT2D eigenvalue weighted by Crippen LogP contribution is -2.16. The van der Waals surface area contributed by atoms with Gasteiger partial charge in [-0.25, -0.2) is 17.8 Å². The molecule has 2 heterocycles. The molecule has 0 aliphatic rings. The minimum atomic E-state index is -3.50. The number of hydrazone groups is 1. The van der Waals surface area contributed by atoms with E-state index in [-0.39, 0.29) is 10.7 Å². The van der Waals surface area contributed by atoms with Gasteiger partial charge in [-0.1, -0.05) is 24.3 Å². The van der Waals surface area contributed by atoms with E-state index in [1.807, 2.05) is 0 Å². The van der Waals surface area contributed by atoms with Gasteiger partial charge in [-0.3, -0.25) is 5.43 Å². The zero-order valence-corrected chi connectivity index (χ0v) is 19.1. The number of hydrogen-bond acceptors (Lipinski definition) is 7. The summed E-state index contributed by atoms with van der Waals surface area (Å²) in [6.07, 6.45) is 1.60. The molecule has 4 aromatic rings. The SMILES string of the molecule is C/C(=N\Nc1cc(Nc2ccccc2S(=O)(=O)C(C)C)n2nccc2n1)c1ccc(F)cc1. The maximum Gasteiger partial charge on any atom is 0.182 e. The largest absolute Gasteiger partial charge is 0.339 e. The molecule has 0 bridgehead atoms. The molecule has 2 aromatic heterocycles. The molecule has 0 fully saturated rings. The van der Waals surface area contributed by atoms with E-state index in [0.717, 1.165) is 5.56 Å². The molecule has 2 N–H and O–H groups in total. The highest BCUT2D eigenvalue weighted by atomic mass is 32.2. The van der Waals surface area contributed by atoms with Gasteiger partial charge in [0.05, 0.1) is 27.7 Å². The number of benzene rings is 2. The molecular formula is C23H23FN6O2S. The Balaban J connectivity index is 1.69. The van der Waals surface area contributed by atoms with Gasteiger partial charge in [0, 0.05) is 12.1 Å². The van der Waals surface area contributed by atoms with Gasteiger partial charge >= 0.3 is 0 Å². The zero-order valence-electron chi connectivity index (χ0n) is 18.3. The molecule has 0 unspecified atom stereocenters. The number of fused-ring (bicyclic) bond motifs is 1. The van der Waals surface area contributed by atoms with Crippen molar-refractivity contribution in [1.82, 2.24) is 14.6 Å². The highest BCUT2D eigenvalue weighted by Crippen LogP contribution is 2.28. The van der Waals surface area contributed by atoms with Crippen molar-refractivity contribution < 1.29 is 12.8 Å². The summed E-state index contributed by atoms with van der Waals surface area (Å²) in [6, 6.07) is 16.2. The number of rotatable bonds is 7. The number of sulfone groups is 1. The van der Waals surface area contributed by atoms with Gasteiger partial charge in [0.2, 0.25) is 0 Å². The van der Waals surface area contributed by atoms with Crippen LogP contribution in [0.25, 0.3) is 5.65 Å². The Morgan fingerprint density at radius 1 is 1.09 bits per heavy atom. The summed E-state index contributed by atoms with van der Waals surface area (Å²) >= 11 is 0. The molecule has 0 aliphatic heterocycles. The van der Waals surface area contributed by atoms with Gasteiger partial charge in [-0.05, 0) is 50.6 Å². The molecule has 0 saturated carbocycles. The van der Waals surface area contributed by atoms with Crippen LogP contribution in [0, 0.1) is 5.82 Å². The van der Waals surface area contributed by atoms with Gasteiger partial charge in [0.15, 0.2) is 21.3 Å². The maximum atomic E-state index is 13.2. The number of aromatic nitrogens is 3. The number of halogens is 1. The van der Waals surface area contributed by atoms with Crippen molar-refractivity contribution in [3.05, 3.63) is 78.2 Å². The van der Waals surface area contributed by atoms with Crippen LogP contribution in [0.3, 0.4) is 0 Å². The molecule has 4 rings (SSSR count). The number of anilines is 3. The van der Waals surface area contributed by atoms with Crippen molar-refractivity contribution >= 4 is 38.5 Å². The third kappa shape index (κ3) is 4.70. The Kier molecular flexibility index (Phi) is 6.10. The Bertz CT molecular complexity index is 1430. The van der Waals surface area contributed by atoms with Crippen LogP contribution >= 0.6 is 0 Å². The van der Waals surface area contributed by atoms with E-state index in [2.05, 4.69) is 25.9 Å². The minimum Gasteiger partial charge on any atom is -0.339 e. The fourth-order valence-electron chi connectivity index (χ4n) is 3.17. The first-order valence-corrected chi connectivity index (χ1v) is 11.8. The first kappa shape index (κ1) is 22.4. The maximum absolute atomic E-state index is 13.2. The molecule has 0 radical (unpaired) electrons. The molecule has 8 nitrogen and oxygen atoms in total. The molecule has 10 heteroatoms. The lowest BCUT2D eigenvalue weighted by atomic mass is 10.1. The second kappa shape index (κ2) is 8.99. The lowest BCUT2D eigenvalue weighted by Gasteiger charge is -2.15. The normalized spacial score (nSPS) is 12.3. The van der Waals surface area contributed by atoms with E-state index in [4.69, 9.17) is 0 Å². The molecular weight excluding hydrogens is 443 g/mol. The van der Waals surface area contributed by atoms with Crippen molar-refractivity contribution in [2.24, 2.45) is 5.10 Å². The van der Waals surface area contributed by atoms with Crippen LogP contribution in [0.1, 0.15) is 26.3 Å². The second-order valence-electron chi connectivity index (χ2n) is 7.66. The second-order valence-corrected chi connectivity index (χ2v) is 10.1. The quantitative estimate of drug-likeness (QED) is 0.304. The van der Waals surface area contributed by atoms with Crippen molar-refractivity contribution in [2.75, 3.05) is 10.7 Å². The Morgan fingerprint density at radius 2 is 1.82 bits per heavy atom. The number of nitrogens with zero attached hydrogens (tertiary/aromatic N) is 4. The topological polar surface area (TPSA) is 101 Å². The summed E-state index contributed by atoms with van der Waals surface area (Å²) in [5.41, 5.74) is 5.30. The van der Waals surface area contributed by atoms with E-state index in [0.29, 0.717) is 28.7 Å². The van der Waals surface area contributed by atoms with E-state index < -0.39 is 15.1 Å². The average Bonchev–Trinajstić information content (AvgIpc) is 3.27. The Hall–Kier alpha value is -3.79.